The predicted octanol–water partition coefficient (Wildman–Crippen LogP) is 4.27. The van der Waals surface area contributed by atoms with E-state index in [-0.39, 0.29) is 36.0 Å². The van der Waals surface area contributed by atoms with Crippen molar-refractivity contribution in [2.75, 3.05) is 26.7 Å². The third-order valence-electron chi connectivity index (χ3n) is 9.96. The fourth-order valence-electron chi connectivity index (χ4n) is 7.10. The van der Waals surface area contributed by atoms with Crippen LogP contribution in [-0.2, 0) is 16.1 Å². The van der Waals surface area contributed by atoms with Gasteiger partial charge in [-0.2, -0.15) is 0 Å². The maximum Gasteiger partial charge on any atom is 0.251 e. The van der Waals surface area contributed by atoms with Gasteiger partial charge in [-0.15, -0.1) is 12.4 Å². The minimum Gasteiger partial charge on any atom is -0.457 e. The molecule has 1 spiro atoms. The zero-order chi connectivity index (χ0) is 30.0. The van der Waals surface area contributed by atoms with Crippen LogP contribution in [0.5, 0.6) is 11.5 Å². The lowest BCUT2D eigenvalue weighted by Crippen LogP contribution is -2.75. The Morgan fingerprint density at radius 2 is 1.59 bits per heavy atom. The summed E-state index contributed by atoms with van der Waals surface area (Å²) in [5, 5.41) is 16.8. The molecule has 4 fully saturated rings. The summed E-state index contributed by atoms with van der Waals surface area (Å²) in [7, 11) is 1.60. The lowest BCUT2D eigenvalue weighted by atomic mass is 9.78. The molecule has 3 amide bonds. The Labute approximate surface area is 266 Å². The van der Waals surface area contributed by atoms with Crippen LogP contribution in [0.25, 0.3) is 0 Å². The number of hydrogen-bond donors (Lipinski definition) is 3. The van der Waals surface area contributed by atoms with Gasteiger partial charge in [-0.25, -0.2) is 0 Å². The van der Waals surface area contributed by atoms with E-state index in [1.165, 1.54) is 6.42 Å². The second kappa shape index (κ2) is 13.9. The lowest BCUT2D eigenvalue weighted by molar-refractivity contribution is -0.166. The number of ether oxygens (including phenoxy) is 1. The monoisotopic (exact) mass is 624 g/mol. The van der Waals surface area contributed by atoms with Crippen molar-refractivity contribution in [2.45, 2.75) is 82.0 Å². The maximum absolute atomic E-state index is 13.9. The average molecular weight is 625 g/mol. The highest BCUT2D eigenvalue weighted by molar-refractivity contribution is 6.00. The number of amides is 3. The van der Waals surface area contributed by atoms with Crippen LogP contribution in [0.15, 0.2) is 48.5 Å². The lowest BCUT2D eigenvalue weighted by Gasteiger charge is -2.52. The van der Waals surface area contributed by atoms with E-state index in [0.29, 0.717) is 55.5 Å². The average Bonchev–Trinajstić information content (AvgIpc) is 3.87. The van der Waals surface area contributed by atoms with Gasteiger partial charge in [-0.1, -0.05) is 31.4 Å². The van der Waals surface area contributed by atoms with Crippen LogP contribution >= 0.6 is 12.4 Å². The largest absolute Gasteiger partial charge is 0.457 e. The number of carbonyl (C=O) groups is 3. The van der Waals surface area contributed by atoms with Gasteiger partial charge in [0.2, 0.25) is 11.8 Å². The highest BCUT2D eigenvalue weighted by atomic mass is 35.5. The van der Waals surface area contributed by atoms with Crippen molar-refractivity contribution in [3.05, 3.63) is 59.7 Å². The van der Waals surface area contributed by atoms with Crippen LogP contribution in [0.3, 0.4) is 0 Å². The molecule has 4 aliphatic rings. The molecule has 2 aliphatic carbocycles. The van der Waals surface area contributed by atoms with Crippen molar-refractivity contribution < 1.29 is 24.2 Å². The third-order valence-corrected chi connectivity index (χ3v) is 9.96. The first-order chi connectivity index (χ1) is 20.9. The molecule has 0 radical (unpaired) electrons. The molecule has 3 N–H and O–H groups in total. The number of aliphatic hydroxyl groups is 1. The van der Waals surface area contributed by atoms with Gasteiger partial charge in [0.1, 0.15) is 23.1 Å². The van der Waals surface area contributed by atoms with Crippen molar-refractivity contribution in [1.82, 2.24) is 20.4 Å². The van der Waals surface area contributed by atoms with Gasteiger partial charge >= 0.3 is 0 Å². The second-order valence-corrected chi connectivity index (χ2v) is 12.9. The first-order valence-electron chi connectivity index (χ1n) is 16.0. The van der Waals surface area contributed by atoms with Crippen LogP contribution < -0.4 is 15.4 Å². The van der Waals surface area contributed by atoms with Crippen LogP contribution in [0, 0.1) is 11.8 Å². The Morgan fingerprint density at radius 1 is 0.977 bits per heavy atom. The molecule has 2 heterocycles. The SMILES string of the molecule is CNC(=O)c1ccc(Oc2ccc(CN3CCC4(CC3)C(=O)N[C@H]([C@H](O)C3CCCCC3)C(=O)N4CC3CC3)cc2)cc1.Cl. The van der Waals surface area contributed by atoms with Gasteiger partial charge in [0, 0.05) is 38.8 Å². The summed E-state index contributed by atoms with van der Waals surface area (Å²) in [6.45, 7) is 2.80. The minimum atomic E-state index is -0.829. The summed E-state index contributed by atoms with van der Waals surface area (Å²) in [5.74, 6) is 1.61. The molecule has 2 aromatic rings. The number of carbonyl (C=O) groups excluding carboxylic acids is 3. The topological polar surface area (TPSA) is 111 Å². The van der Waals surface area contributed by atoms with E-state index in [9.17, 15) is 19.5 Å². The Kier molecular flexibility index (Phi) is 10.2. The molecule has 2 saturated carbocycles. The Balaban J connectivity index is 0.00000384. The van der Waals surface area contributed by atoms with E-state index in [1.807, 2.05) is 29.2 Å². The third kappa shape index (κ3) is 6.90. The molecule has 238 valence electrons. The summed E-state index contributed by atoms with van der Waals surface area (Å²) in [6.07, 6.45) is 7.74. The van der Waals surface area contributed by atoms with Crippen molar-refractivity contribution >= 4 is 30.1 Å². The van der Waals surface area contributed by atoms with Crippen LogP contribution in [-0.4, -0.2) is 77.0 Å². The number of hydrogen-bond acceptors (Lipinski definition) is 6. The number of rotatable bonds is 9. The number of likely N-dealkylation sites (tertiary alicyclic amines) is 1. The molecule has 0 unspecified atom stereocenters. The molecular formula is C34H45ClN4O5. The van der Waals surface area contributed by atoms with E-state index >= 15 is 0 Å². The first kappa shape index (κ1) is 32.3. The zero-order valence-corrected chi connectivity index (χ0v) is 26.3. The van der Waals surface area contributed by atoms with Crippen LogP contribution in [0.1, 0.15) is 73.7 Å². The van der Waals surface area contributed by atoms with Crippen molar-refractivity contribution in [3.8, 4) is 11.5 Å². The number of aliphatic hydroxyl groups excluding tert-OH is 1. The van der Waals surface area contributed by atoms with Gasteiger partial charge in [0.05, 0.1) is 6.10 Å². The van der Waals surface area contributed by atoms with Crippen LogP contribution in [0.2, 0.25) is 0 Å². The van der Waals surface area contributed by atoms with E-state index < -0.39 is 17.7 Å². The van der Waals surface area contributed by atoms with E-state index in [0.717, 1.165) is 50.6 Å². The van der Waals surface area contributed by atoms with Gasteiger partial charge < -0.3 is 25.4 Å². The van der Waals surface area contributed by atoms with Gasteiger partial charge in [-0.3, -0.25) is 19.3 Å². The molecule has 2 aromatic carbocycles. The summed E-state index contributed by atoms with van der Waals surface area (Å²) >= 11 is 0. The number of piperazine rings is 1. The second-order valence-electron chi connectivity index (χ2n) is 12.9. The van der Waals surface area contributed by atoms with Gasteiger partial charge in [0.25, 0.3) is 5.91 Å². The standard InChI is InChI=1S/C34H44N4O5.ClH/c1-35-31(40)26-11-15-28(16-12-26)43-27-13-9-23(10-14-27)21-37-19-17-34(18-20-37)33(42)36-29(30(39)25-5-3-2-4-6-25)32(41)38(34)22-24-7-8-24;/h9-16,24-25,29-30,39H,2-8,17-22H2,1H3,(H,35,40)(H,36,42);1H/t29-,30-;/m1./s1. The fraction of sp³-hybridized carbons (Fsp3) is 0.559. The zero-order valence-electron chi connectivity index (χ0n) is 25.5. The molecule has 44 heavy (non-hydrogen) atoms. The minimum absolute atomic E-state index is 0. The highest BCUT2D eigenvalue weighted by Crippen LogP contribution is 2.40. The fourth-order valence-corrected chi connectivity index (χ4v) is 7.10. The predicted molar refractivity (Wildman–Crippen MR) is 170 cm³/mol. The molecule has 2 aliphatic heterocycles. The number of piperidine rings is 1. The Bertz CT molecular complexity index is 1300. The molecule has 2 saturated heterocycles. The quantitative estimate of drug-likeness (QED) is 0.384. The van der Waals surface area contributed by atoms with Crippen molar-refractivity contribution in [1.29, 1.82) is 0 Å². The van der Waals surface area contributed by atoms with Gasteiger partial charge in [-0.05, 0) is 92.3 Å². The summed E-state index contributed by atoms with van der Waals surface area (Å²) < 4.78 is 5.96. The smallest absolute Gasteiger partial charge is 0.251 e. The number of halogens is 1. The molecular weight excluding hydrogens is 580 g/mol. The summed E-state index contributed by atoms with van der Waals surface area (Å²) in [6, 6.07) is 14.2. The van der Waals surface area contributed by atoms with Crippen LogP contribution in [0.4, 0.5) is 0 Å². The first-order valence-corrected chi connectivity index (χ1v) is 16.0. The van der Waals surface area contributed by atoms with Crippen molar-refractivity contribution in [3.63, 3.8) is 0 Å². The van der Waals surface area contributed by atoms with Crippen molar-refractivity contribution in [2.24, 2.45) is 11.8 Å². The molecule has 10 heteroatoms. The molecule has 9 nitrogen and oxygen atoms in total. The van der Waals surface area contributed by atoms with Gasteiger partial charge in [0.15, 0.2) is 0 Å². The highest BCUT2D eigenvalue weighted by Gasteiger charge is 2.56. The molecule has 2 atom stereocenters. The molecule has 0 aromatic heterocycles. The number of nitrogens with zero attached hydrogens (tertiary/aromatic N) is 2. The number of benzene rings is 2. The maximum atomic E-state index is 13.9. The normalized spacial score (nSPS) is 23.0. The number of nitrogens with one attached hydrogen (secondary N) is 2. The molecule has 6 rings (SSSR count). The Hall–Kier alpha value is -3.14. The van der Waals surface area contributed by atoms with E-state index in [4.69, 9.17) is 4.74 Å². The Morgan fingerprint density at radius 3 is 2.18 bits per heavy atom. The summed E-state index contributed by atoms with van der Waals surface area (Å²) in [5.41, 5.74) is 0.897. The van der Waals surface area contributed by atoms with E-state index in [1.54, 1.807) is 31.3 Å². The molecule has 0 bridgehead atoms. The van der Waals surface area contributed by atoms with E-state index in [2.05, 4.69) is 15.5 Å². The summed E-state index contributed by atoms with van der Waals surface area (Å²) in [4.78, 5) is 43.6.